The molecule has 2 aromatic carbocycles. The summed E-state index contributed by atoms with van der Waals surface area (Å²) >= 11 is 0. The lowest BCUT2D eigenvalue weighted by atomic mass is 10.0. The molecule has 0 aliphatic rings. The molecule has 0 fully saturated rings. The van der Waals surface area contributed by atoms with E-state index >= 15 is 0 Å². The zero-order chi connectivity index (χ0) is 16.3. The van der Waals surface area contributed by atoms with Crippen molar-refractivity contribution in [1.82, 2.24) is 0 Å². The van der Waals surface area contributed by atoms with E-state index in [2.05, 4.69) is 74.5 Å². The van der Waals surface area contributed by atoms with Gasteiger partial charge in [0.25, 0.3) is 0 Å². The van der Waals surface area contributed by atoms with Gasteiger partial charge in [-0.25, -0.2) is 0 Å². The predicted molar refractivity (Wildman–Crippen MR) is 98.5 cm³/mol. The summed E-state index contributed by atoms with van der Waals surface area (Å²) < 4.78 is 6.63. The normalized spacial score (nSPS) is 13.7. The molecule has 0 amide bonds. The topological polar surface area (TPSA) is 9.23 Å². The van der Waals surface area contributed by atoms with Gasteiger partial charge in [0.1, 0.15) is 0 Å². The van der Waals surface area contributed by atoms with Crippen LogP contribution in [0.2, 0.25) is 0 Å². The van der Waals surface area contributed by atoms with Crippen molar-refractivity contribution in [3.8, 4) is 0 Å². The maximum atomic E-state index is 6.63. The van der Waals surface area contributed by atoms with Gasteiger partial charge in [0.05, 0.1) is 12.2 Å². The zero-order valence-electron chi connectivity index (χ0n) is 14.6. The Kier molecular flexibility index (Phi) is 7.89. The second-order valence-corrected chi connectivity index (χ2v) is 6.22. The quantitative estimate of drug-likeness (QED) is 0.465. The number of hydrogen-bond acceptors (Lipinski definition) is 1. The van der Waals surface area contributed by atoms with Gasteiger partial charge >= 0.3 is 0 Å². The van der Waals surface area contributed by atoms with Gasteiger partial charge in [0, 0.05) is 0 Å². The van der Waals surface area contributed by atoms with Crippen molar-refractivity contribution in [3.05, 3.63) is 71.8 Å². The Bertz CT molecular complexity index is 471. The van der Waals surface area contributed by atoms with E-state index in [1.807, 2.05) is 0 Å². The Hall–Kier alpha value is -1.60. The van der Waals surface area contributed by atoms with Gasteiger partial charge in [-0.1, -0.05) is 100 Å². The second kappa shape index (κ2) is 10.2. The highest BCUT2D eigenvalue weighted by molar-refractivity contribution is 5.20. The number of unbranched alkanes of at least 4 members (excludes halogenated alkanes) is 2. The molecule has 124 valence electrons. The first kappa shape index (κ1) is 17.7. The maximum Gasteiger partial charge on any atom is 0.0833 e. The van der Waals surface area contributed by atoms with E-state index in [1.54, 1.807) is 0 Å². The first-order chi connectivity index (χ1) is 11.3. The number of hydrogen-bond donors (Lipinski definition) is 0. The van der Waals surface area contributed by atoms with E-state index < -0.39 is 0 Å². The summed E-state index contributed by atoms with van der Waals surface area (Å²) in [7, 11) is 0. The summed E-state index contributed by atoms with van der Waals surface area (Å²) in [6.07, 6.45) is 7.39. The van der Waals surface area contributed by atoms with Crippen LogP contribution in [0.1, 0.15) is 75.7 Å². The Morgan fingerprint density at radius 3 is 1.39 bits per heavy atom. The third-order valence-corrected chi connectivity index (χ3v) is 4.31. The summed E-state index contributed by atoms with van der Waals surface area (Å²) in [5.74, 6) is 0. The fourth-order valence-electron chi connectivity index (χ4n) is 2.94. The third-order valence-electron chi connectivity index (χ3n) is 4.31. The molecule has 2 rings (SSSR count). The molecule has 2 unspecified atom stereocenters. The fraction of sp³-hybridized carbons (Fsp3) is 0.455. The zero-order valence-corrected chi connectivity index (χ0v) is 14.6. The average Bonchev–Trinajstić information content (AvgIpc) is 2.62. The molecule has 0 aliphatic carbocycles. The van der Waals surface area contributed by atoms with E-state index in [-0.39, 0.29) is 12.2 Å². The molecule has 1 heteroatoms. The molecule has 0 aliphatic heterocycles. The van der Waals surface area contributed by atoms with Crippen LogP contribution in [-0.2, 0) is 4.74 Å². The summed E-state index contributed by atoms with van der Waals surface area (Å²) in [5.41, 5.74) is 2.61. The van der Waals surface area contributed by atoms with Crippen LogP contribution in [0.3, 0.4) is 0 Å². The van der Waals surface area contributed by atoms with E-state index in [0.29, 0.717) is 0 Å². The number of rotatable bonds is 10. The largest absolute Gasteiger partial charge is 0.366 e. The Morgan fingerprint density at radius 1 is 0.652 bits per heavy atom. The molecule has 0 saturated heterocycles. The summed E-state index contributed by atoms with van der Waals surface area (Å²) in [4.78, 5) is 0. The van der Waals surface area contributed by atoms with Crippen LogP contribution in [0, 0.1) is 0 Å². The van der Waals surface area contributed by atoms with Crippen LogP contribution < -0.4 is 0 Å². The minimum absolute atomic E-state index is 0.193. The predicted octanol–water partition coefficient (Wildman–Crippen LogP) is 6.87. The molecule has 2 aromatic rings. The van der Waals surface area contributed by atoms with Crippen LogP contribution >= 0.6 is 0 Å². The fourth-order valence-corrected chi connectivity index (χ4v) is 2.94. The molecular weight excluding hydrogens is 280 g/mol. The van der Waals surface area contributed by atoms with Crippen molar-refractivity contribution in [2.45, 2.75) is 64.6 Å². The average molecular weight is 310 g/mol. The standard InChI is InChI=1S/C22H30O/c1-3-5-17-21(19-13-9-7-10-14-19)23-22(18-6-4-2)20-15-11-8-12-16-20/h7-16,21-22H,3-6,17-18H2,1-2H3. The summed E-state index contributed by atoms with van der Waals surface area (Å²) in [5, 5.41) is 0. The van der Waals surface area contributed by atoms with Crippen molar-refractivity contribution in [2.75, 3.05) is 0 Å². The number of benzene rings is 2. The Morgan fingerprint density at radius 2 is 1.04 bits per heavy atom. The van der Waals surface area contributed by atoms with Crippen LogP contribution in [0.15, 0.2) is 60.7 Å². The van der Waals surface area contributed by atoms with Gasteiger partial charge in [-0.3, -0.25) is 0 Å². The van der Waals surface area contributed by atoms with E-state index in [9.17, 15) is 0 Å². The van der Waals surface area contributed by atoms with Crippen molar-refractivity contribution in [1.29, 1.82) is 0 Å². The molecular formula is C22H30O. The summed E-state index contributed by atoms with van der Waals surface area (Å²) in [6.45, 7) is 4.49. The molecule has 0 N–H and O–H groups in total. The third kappa shape index (κ3) is 5.84. The minimum atomic E-state index is 0.193. The first-order valence-electron chi connectivity index (χ1n) is 9.10. The van der Waals surface area contributed by atoms with Crippen molar-refractivity contribution in [3.63, 3.8) is 0 Å². The highest BCUT2D eigenvalue weighted by Gasteiger charge is 2.19. The van der Waals surface area contributed by atoms with Crippen molar-refractivity contribution < 1.29 is 4.74 Å². The van der Waals surface area contributed by atoms with Crippen LogP contribution in [-0.4, -0.2) is 0 Å². The Labute approximate surface area is 141 Å². The monoisotopic (exact) mass is 310 g/mol. The molecule has 1 nitrogen and oxygen atoms in total. The smallest absolute Gasteiger partial charge is 0.0833 e. The first-order valence-corrected chi connectivity index (χ1v) is 9.10. The maximum absolute atomic E-state index is 6.63. The lowest BCUT2D eigenvalue weighted by Gasteiger charge is -2.26. The molecule has 0 radical (unpaired) electrons. The van der Waals surface area contributed by atoms with Crippen molar-refractivity contribution >= 4 is 0 Å². The van der Waals surface area contributed by atoms with Crippen molar-refractivity contribution in [2.24, 2.45) is 0 Å². The highest BCUT2D eigenvalue weighted by atomic mass is 16.5. The van der Waals surface area contributed by atoms with E-state index in [4.69, 9.17) is 4.74 Å². The van der Waals surface area contributed by atoms with Gasteiger partial charge < -0.3 is 4.74 Å². The van der Waals surface area contributed by atoms with Gasteiger partial charge in [0.15, 0.2) is 0 Å². The molecule has 23 heavy (non-hydrogen) atoms. The highest BCUT2D eigenvalue weighted by Crippen LogP contribution is 2.33. The van der Waals surface area contributed by atoms with Gasteiger partial charge in [-0.05, 0) is 24.0 Å². The Balaban J connectivity index is 2.15. The van der Waals surface area contributed by atoms with Gasteiger partial charge in [-0.15, -0.1) is 0 Å². The van der Waals surface area contributed by atoms with Crippen LogP contribution in [0.5, 0.6) is 0 Å². The molecule has 0 spiro atoms. The molecule has 0 heterocycles. The number of ether oxygens (including phenoxy) is 1. The van der Waals surface area contributed by atoms with Crippen LogP contribution in [0.25, 0.3) is 0 Å². The molecule has 0 aromatic heterocycles. The minimum Gasteiger partial charge on any atom is -0.366 e. The van der Waals surface area contributed by atoms with Crippen LogP contribution in [0.4, 0.5) is 0 Å². The summed E-state index contributed by atoms with van der Waals surface area (Å²) in [6, 6.07) is 21.4. The van der Waals surface area contributed by atoms with Gasteiger partial charge in [-0.2, -0.15) is 0 Å². The van der Waals surface area contributed by atoms with E-state index in [0.717, 1.165) is 12.8 Å². The van der Waals surface area contributed by atoms with E-state index in [1.165, 1.54) is 36.8 Å². The van der Waals surface area contributed by atoms with Gasteiger partial charge in [0.2, 0.25) is 0 Å². The SMILES string of the molecule is CCCCC(OC(CCCC)c1ccccc1)c1ccccc1. The molecule has 2 atom stereocenters. The molecule has 0 bridgehead atoms. The second-order valence-electron chi connectivity index (χ2n) is 6.22. The lowest BCUT2D eigenvalue weighted by Crippen LogP contribution is -2.11. The molecule has 0 saturated carbocycles. The lowest BCUT2D eigenvalue weighted by molar-refractivity contribution is -0.0260.